The summed E-state index contributed by atoms with van der Waals surface area (Å²) < 4.78 is 13.1. The van der Waals surface area contributed by atoms with Crippen molar-refractivity contribution < 1.29 is 14.0 Å². The second kappa shape index (κ2) is 5.13. The highest BCUT2D eigenvalue weighted by atomic mass is 19.1. The first-order valence-corrected chi connectivity index (χ1v) is 7.49. The van der Waals surface area contributed by atoms with Gasteiger partial charge in [0, 0.05) is 5.69 Å². The predicted octanol–water partition coefficient (Wildman–Crippen LogP) is 2.38. The molecule has 5 heteroatoms. The van der Waals surface area contributed by atoms with E-state index in [0.717, 1.165) is 12.8 Å². The van der Waals surface area contributed by atoms with Crippen molar-refractivity contribution in [3.8, 4) is 0 Å². The van der Waals surface area contributed by atoms with E-state index in [1.165, 1.54) is 12.1 Å². The van der Waals surface area contributed by atoms with Crippen LogP contribution in [0, 0.1) is 5.82 Å². The van der Waals surface area contributed by atoms with Crippen LogP contribution in [0.2, 0.25) is 0 Å². The van der Waals surface area contributed by atoms with Gasteiger partial charge in [0.05, 0.1) is 0 Å². The number of hydrogen-bond acceptors (Lipinski definition) is 2. The number of nitrogens with zero attached hydrogens (tertiary/aromatic N) is 1. The van der Waals surface area contributed by atoms with Crippen LogP contribution in [0.3, 0.4) is 0 Å². The molecular formula is C16H19FN2O2. The van der Waals surface area contributed by atoms with Crippen LogP contribution in [-0.4, -0.2) is 23.4 Å². The van der Waals surface area contributed by atoms with E-state index in [4.69, 9.17) is 0 Å². The molecule has 1 aliphatic carbocycles. The summed E-state index contributed by atoms with van der Waals surface area (Å²) in [6.07, 6.45) is 3.79. The fourth-order valence-electron chi connectivity index (χ4n) is 3.45. The lowest BCUT2D eigenvalue weighted by Crippen LogP contribution is -2.69. The predicted molar refractivity (Wildman–Crippen MR) is 77.3 cm³/mol. The summed E-state index contributed by atoms with van der Waals surface area (Å²) in [6.45, 7) is 1.88. The molecule has 4 nitrogen and oxygen atoms in total. The Morgan fingerprint density at radius 1 is 1.24 bits per heavy atom. The van der Waals surface area contributed by atoms with Crippen molar-refractivity contribution in [3.05, 3.63) is 30.1 Å². The normalized spacial score (nSPS) is 24.5. The Balaban J connectivity index is 2.02. The number of carbonyl (C=O) groups excluding carboxylic acids is 2. The van der Waals surface area contributed by atoms with Crippen LogP contribution in [-0.2, 0) is 9.59 Å². The molecule has 1 heterocycles. The Bertz CT molecular complexity index is 564. The second-order valence-corrected chi connectivity index (χ2v) is 5.85. The maximum atomic E-state index is 13.1. The van der Waals surface area contributed by atoms with Gasteiger partial charge in [-0.15, -0.1) is 0 Å². The lowest BCUT2D eigenvalue weighted by molar-refractivity contribution is -0.138. The van der Waals surface area contributed by atoms with E-state index in [2.05, 4.69) is 5.32 Å². The molecule has 1 saturated carbocycles. The topological polar surface area (TPSA) is 49.4 Å². The number of benzene rings is 1. The third-order valence-corrected chi connectivity index (χ3v) is 4.55. The Hall–Kier alpha value is -1.91. The number of nitrogens with one attached hydrogen (secondary N) is 1. The molecule has 0 bridgehead atoms. The molecule has 1 atom stereocenters. The highest BCUT2D eigenvalue weighted by Crippen LogP contribution is 2.37. The first kappa shape index (κ1) is 14.0. The molecule has 1 N–H and O–H groups in total. The van der Waals surface area contributed by atoms with Crippen molar-refractivity contribution in [2.75, 3.05) is 4.90 Å². The summed E-state index contributed by atoms with van der Waals surface area (Å²) in [4.78, 5) is 26.9. The third kappa shape index (κ3) is 2.20. The number of amides is 2. The Labute approximate surface area is 123 Å². The maximum Gasteiger partial charge on any atom is 0.253 e. The number of rotatable bonds is 2. The van der Waals surface area contributed by atoms with Gasteiger partial charge in [0.2, 0.25) is 5.91 Å². The van der Waals surface area contributed by atoms with Crippen LogP contribution in [0.15, 0.2) is 24.3 Å². The summed E-state index contributed by atoms with van der Waals surface area (Å²) in [7, 11) is 0. The van der Waals surface area contributed by atoms with Crippen LogP contribution in [0.4, 0.5) is 10.1 Å². The van der Waals surface area contributed by atoms with E-state index in [-0.39, 0.29) is 17.6 Å². The number of carbonyl (C=O) groups is 2. The molecule has 1 aromatic rings. The first-order valence-electron chi connectivity index (χ1n) is 7.49. The smallest absolute Gasteiger partial charge is 0.253 e. The van der Waals surface area contributed by atoms with Gasteiger partial charge in [0.1, 0.15) is 17.4 Å². The van der Waals surface area contributed by atoms with Crippen molar-refractivity contribution in [1.29, 1.82) is 0 Å². The second-order valence-electron chi connectivity index (χ2n) is 5.85. The molecule has 1 aliphatic heterocycles. The van der Waals surface area contributed by atoms with Gasteiger partial charge in [0.25, 0.3) is 5.91 Å². The van der Waals surface area contributed by atoms with Crippen LogP contribution >= 0.6 is 0 Å². The fraction of sp³-hybridized carbons (Fsp3) is 0.500. The third-order valence-electron chi connectivity index (χ3n) is 4.55. The fourth-order valence-corrected chi connectivity index (χ4v) is 3.45. The lowest BCUT2D eigenvalue weighted by atomic mass is 9.89. The quantitative estimate of drug-likeness (QED) is 0.909. The average Bonchev–Trinajstić information content (AvgIpc) is 2.93. The molecule has 1 aromatic carbocycles. The zero-order valence-electron chi connectivity index (χ0n) is 12.1. The molecule has 112 valence electrons. The molecule has 2 aliphatic rings. The molecule has 2 amide bonds. The zero-order valence-corrected chi connectivity index (χ0v) is 12.1. The van der Waals surface area contributed by atoms with Gasteiger partial charge in [-0.25, -0.2) is 4.39 Å². The van der Waals surface area contributed by atoms with Crippen molar-refractivity contribution in [2.24, 2.45) is 0 Å². The molecular weight excluding hydrogens is 271 g/mol. The molecule has 1 saturated heterocycles. The van der Waals surface area contributed by atoms with Crippen LogP contribution in [0.5, 0.6) is 0 Å². The average molecular weight is 290 g/mol. The van der Waals surface area contributed by atoms with Crippen LogP contribution in [0.1, 0.15) is 39.0 Å². The highest BCUT2D eigenvalue weighted by molar-refractivity contribution is 6.10. The van der Waals surface area contributed by atoms with Crippen LogP contribution in [0.25, 0.3) is 0 Å². The van der Waals surface area contributed by atoms with E-state index in [1.54, 1.807) is 17.0 Å². The van der Waals surface area contributed by atoms with E-state index >= 15 is 0 Å². The molecule has 2 fully saturated rings. The molecule has 3 rings (SSSR count). The summed E-state index contributed by atoms with van der Waals surface area (Å²) >= 11 is 0. The summed E-state index contributed by atoms with van der Waals surface area (Å²) in [5, 5.41) is 2.95. The standard InChI is InChI=1S/C16H19FN2O2/c1-2-13-14(20)18-16(9-3-4-10-16)15(21)19(13)12-7-5-11(17)6-8-12/h5-8,13H,2-4,9-10H2,1H3,(H,18,20). The summed E-state index contributed by atoms with van der Waals surface area (Å²) in [5.74, 6) is -0.516. The van der Waals surface area contributed by atoms with Crippen molar-refractivity contribution in [1.82, 2.24) is 5.32 Å². The highest BCUT2D eigenvalue weighted by Gasteiger charge is 2.51. The van der Waals surface area contributed by atoms with Gasteiger partial charge in [-0.3, -0.25) is 14.5 Å². The monoisotopic (exact) mass is 290 g/mol. The number of anilines is 1. The van der Waals surface area contributed by atoms with E-state index in [0.29, 0.717) is 24.9 Å². The summed E-state index contributed by atoms with van der Waals surface area (Å²) in [6, 6.07) is 5.26. The van der Waals surface area contributed by atoms with E-state index in [9.17, 15) is 14.0 Å². The van der Waals surface area contributed by atoms with Crippen LogP contribution < -0.4 is 10.2 Å². The Morgan fingerprint density at radius 2 is 1.86 bits per heavy atom. The van der Waals surface area contributed by atoms with E-state index < -0.39 is 11.6 Å². The van der Waals surface area contributed by atoms with Gasteiger partial charge in [0.15, 0.2) is 0 Å². The van der Waals surface area contributed by atoms with Crippen molar-refractivity contribution >= 4 is 17.5 Å². The minimum Gasteiger partial charge on any atom is -0.340 e. The minimum atomic E-state index is -0.753. The molecule has 0 aromatic heterocycles. The molecule has 1 unspecified atom stereocenters. The van der Waals surface area contributed by atoms with Gasteiger partial charge in [-0.1, -0.05) is 19.8 Å². The number of piperazine rings is 1. The van der Waals surface area contributed by atoms with Gasteiger partial charge in [-0.05, 0) is 43.5 Å². The van der Waals surface area contributed by atoms with E-state index in [1.807, 2.05) is 6.92 Å². The van der Waals surface area contributed by atoms with Gasteiger partial charge < -0.3 is 5.32 Å². The maximum absolute atomic E-state index is 13.1. The van der Waals surface area contributed by atoms with Crippen molar-refractivity contribution in [3.63, 3.8) is 0 Å². The summed E-state index contributed by atoms with van der Waals surface area (Å²) in [5.41, 5.74) is -0.161. The van der Waals surface area contributed by atoms with Gasteiger partial charge in [-0.2, -0.15) is 0 Å². The van der Waals surface area contributed by atoms with Crippen molar-refractivity contribution in [2.45, 2.75) is 50.6 Å². The Kier molecular flexibility index (Phi) is 3.43. The first-order chi connectivity index (χ1) is 10.1. The zero-order chi connectivity index (χ0) is 15.0. The number of halogens is 1. The lowest BCUT2D eigenvalue weighted by Gasteiger charge is -2.44. The molecule has 21 heavy (non-hydrogen) atoms. The number of hydrogen-bond donors (Lipinski definition) is 1. The Morgan fingerprint density at radius 3 is 2.43 bits per heavy atom. The minimum absolute atomic E-state index is 0.0574. The molecule has 0 radical (unpaired) electrons. The largest absolute Gasteiger partial charge is 0.340 e. The molecule has 1 spiro atoms. The SMILES string of the molecule is CCC1C(=O)NC2(CCCC2)C(=O)N1c1ccc(F)cc1. The van der Waals surface area contributed by atoms with Gasteiger partial charge >= 0.3 is 0 Å².